The van der Waals surface area contributed by atoms with Gasteiger partial charge in [-0.15, -0.1) is 10.2 Å². The molecule has 0 atom stereocenters. The van der Waals surface area contributed by atoms with Gasteiger partial charge in [-0.2, -0.15) is 0 Å². The van der Waals surface area contributed by atoms with Crippen LogP contribution in [0.3, 0.4) is 0 Å². The van der Waals surface area contributed by atoms with Crippen molar-refractivity contribution in [2.45, 2.75) is 6.92 Å². The van der Waals surface area contributed by atoms with E-state index in [-0.39, 0.29) is 0 Å². The first-order valence-corrected chi connectivity index (χ1v) is 14.7. The average molecular weight is 569 g/mol. The lowest BCUT2D eigenvalue weighted by molar-refractivity contribution is 0.584. The predicted octanol–water partition coefficient (Wildman–Crippen LogP) is 10.3. The van der Waals surface area contributed by atoms with E-state index in [0.717, 1.165) is 33.9 Å². The maximum absolute atomic E-state index is 6.03. The Morgan fingerprint density at radius 1 is 0.523 bits per heavy atom. The number of rotatable bonds is 6. The van der Waals surface area contributed by atoms with Crippen LogP contribution in [0.5, 0.6) is 0 Å². The Bertz CT molecular complexity index is 2230. The summed E-state index contributed by atoms with van der Waals surface area (Å²) in [5, 5.41) is 11.0. The molecule has 210 valence electrons. The Labute approximate surface area is 255 Å². The van der Waals surface area contributed by atoms with Crippen molar-refractivity contribution in [1.82, 2.24) is 14.8 Å². The third kappa shape index (κ3) is 4.43. The van der Waals surface area contributed by atoms with Gasteiger partial charge >= 0.3 is 0 Å². The van der Waals surface area contributed by atoms with Crippen LogP contribution >= 0.6 is 0 Å². The average Bonchev–Trinajstić information content (AvgIpc) is 3.71. The zero-order chi connectivity index (χ0) is 29.5. The fourth-order valence-electron chi connectivity index (χ4n) is 5.99. The number of hydrogen-bond donors (Lipinski definition) is 0. The van der Waals surface area contributed by atoms with Gasteiger partial charge in [0.05, 0.1) is 11.0 Å². The second-order valence-corrected chi connectivity index (χ2v) is 10.8. The first-order valence-electron chi connectivity index (χ1n) is 14.7. The predicted molar refractivity (Wildman–Crippen MR) is 179 cm³/mol. The van der Waals surface area contributed by atoms with Crippen molar-refractivity contribution in [3.05, 3.63) is 157 Å². The number of fused-ring (bicyclic) bond motifs is 3. The molecule has 0 saturated heterocycles. The zero-order valence-electron chi connectivity index (χ0n) is 24.1. The molecule has 0 amide bonds. The van der Waals surface area contributed by atoms with Crippen LogP contribution in [0.2, 0.25) is 0 Å². The second kappa shape index (κ2) is 10.7. The zero-order valence-corrected chi connectivity index (χ0v) is 24.1. The summed E-state index contributed by atoms with van der Waals surface area (Å²) in [6.07, 6.45) is 0. The van der Waals surface area contributed by atoms with Crippen LogP contribution in [0.1, 0.15) is 5.56 Å². The Hall–Kier alpha value is -5.94. The summed E-state index contributed by atoms with van der Waals surface area (Å²) in [5.74, 6) is 1.00. The molecule has 0 bridgehead atoms. The Morgan fingerprint density at radius 3 is 1.86 bits per heavy atom. The van der Waals surface area contributed by atoms with Crippen LogP contribution < -0.4 is 4.90 Å². The Kier molecular flexibility index (Phi) is 6.27. The monoisotopic (exact) mass is 568 g/mol. The Morgan fingerprint density at radius 2 is 1.11 bits per heavy atom. The lowest BCUT2D eigenvalue weighted by atomic mass is 10.1. The van der Waals surface area contributed by atoms with Gasteiger partial charge in [0.25, 0.3) is 0 Å². The first-order chi connectivity index (χ1) is 21.7. The van der Waals surface area contributed by atoms with Gasteiger partial charge in [-0.1, -0.05) is 72.8 Å². The molecule has 5 heteroatoms. The molecule has 0 aliphatic rings. The SMILES string of the molecule is Cc1ccccc1N(c1ccc(-c2nnc(-c3ccccc3)o2)cc1)c1ccc2c(c1)c1ccccc1n2-c1ccccc1. The van der Waals surface area contributed by atoms with Crippen LogP contribution in [0.4, 0.5) is 17.1 Å². The minimum Gasteiger partial charge on any atom is -0.416 e. The first kappa shape index (κ1) is 25.7. The summed E-state index contributed by atoms with van der Waals surface area (Å²) < 4.78 is 8.38. The van der Waals surface area contributed by atoms with E-state index < -0.39 is 0 Å². The molecule has 0 N–H and O–H groups in total. The highest BCUT2D eigenvalue weighted by Crippen LogP contribution is 2.41. The largest absolute Gasteiger partial charge is 0.416 e. The van der Waals surface area contributed by atoms with E-state index in [2.05, 4.69) is 136 Å². The van der Waals surface area contributed by atoms with Crippen LogP contribution in [0.15, 0.2) is 156 Å². The van der Waals surface area contributed by atoms with Crippen LogP contribution in [0, 0.1) is 6.92 Å². The van der Waals surface area contributed by atoms with Crippen molar-refractivity contribution in [2.75, 3.05) is 4.90 Å². The Balaban J connectivity index is 1.25. The highest BCUT2D eigenvalue weighted by molar-refractivity contribution is 6.10. The minimum absolute atomic E-state index is 0.494. The quantitative estimate of drug-likeness (QED) is 0.200. The number of aromatic nitrogens is 3. The molecule has 0 spiro atoms. The molecule has 8 aromatic rings. The molecule has 8 rings (SSSR count). The van der Waals surface area contributed by atoms with Crippen LogP contribution in [-0.4, -0.2) is 14.8 Å². The van der Waals surface area contributed by atoms with Crippen molar-refractivity contribution >= 4 is 38.9 Å². The highest BCUT2D eigenvalue weighted by Gasteiger charge is 2.19. The molecule has 44 heavy (non-hydrogen) atoms. The van der Waals surface area contributed by atoms with Crippen LogP contribution in [0.25, 0.3) is 50.4 Å². The summed E-state index contributed by atoms with van der Waals surface area (Å²) in [6.45, 7) is 2.15. The maximum Gasteiger partial charge on any atom is 0.248 e. The molecule has 0 unspecified atom stereocenters. The van der Waals surface area contributed by atoms with Gasteiger partial charge in [0.1, 0.15) is 0 Å². The molecule has 0 aliphatic heterocycles. The van der Waals surface area contributed by atoms with Gasteiger partial charge in [-0.3, -0.25) is 0 Å². The number of nitrogens with zero attached hydrogens (tertiary/aromatic N) is 4. The molecule has 0 saturated carbocycles. The fourth-order valence-corrected chi connectivity index (χ4v) is 5.99. The van der Waals surface area contributed by atoms with Gasteiger partial charge in [-0.25, -0.2) is 0 Å². The van der Waals surface area contributed by atoms with E-state index in [1.54, 1.807) is 0 Å². The second-order valence-electron chi connectivity index (χ2n) is 10.8. The normalized spacial score (nSPS) is 11.3. The van der Waals surface area contributed by atoms with Gasteiger partial charge < -0.3 is 13.9 Å². The maximum atomic E-state index is 6.03. The number of anilines is 3. The van der Waals surface area contributed by atoms with E-state index in [0.29, 0.717) is 11.8 Å². The fraction of sp³-hybridized carbons (Fsp3) is 0.0256. The molecule has 0 fully saturated rings. The number of hydrogen-bond acceptors (Lipinski definition) is 4. The van der Waals surface area contributed by atoms with Crippen molar-refractivity contribution < 1.29 is 4.42 Å². The van der Waals surface area contributed by atoms with E-state index in [9.17, 15) is 0 Å². The topological polar surface area (TPSA) is 47.1 Å². The summed E-state index contributed by atoms with van der Waals surface area (Å²) in [4.78, 5) is 2.32. The van der Waals surface area contributed by atoms with E-state index in [1.807, 2.05) is 42.5 Å². The van der Waals surface area contributed by atoms with Gasteiger partial charge in [0.2, 0.25) is 11.8 Å². The van der Waals surface area contributed by atoms with Crippen molar-refractivity contribution in [1.29, 1.82) is 0 Å². The number of benzene rings is 6. The summed E-state index contributed by atoms with van der Waals surface area (Å²) in [6, 6.07) is 52.6. The van der Waals surface area contributed by atoms with E-state index in [1.165, 1.54) is 27.4 Å². The van der Waals surface area contributed by atoms with Crippen molar-refractivity contribution in [3.63, 3.8) is 0 Å². The van der Waals surface area contributed by atoms with Crippen LogP contribution in [-0.2, 0) is 0 Å². The summed E-state index contributed by atoms with van der Waals surface area (Å²) in [5.41, 5.74) is 9.71. The van der Waals surface area contributed by atoms with Crippen molar-refractivity contribution in [3.8, 4) is 28.6 Å². The third-order valence-electron chi connectivity index (χ3n) is 8.10. The number of para-hydroxylation sites is 3. The molecule has 5 nitrogen and oxygen atoms in total. The molecule has 2 aromatic heterocycles. The highest BCUT2D eigenvalue weighted by atomic mass is 16.4. The summed E-state index contributed by atoms with van der Waals surface area (Å²) in [7, 11) is 0. The van der Waals surface area contributed by atoms with Gasteiger partial charge in [0.15, 0.2) is 0 Å². The van der Waals surface area contributed by atoms with Crippen molar-refractivity contribution in [2.24, 2.45) is 0 Å². The third-order valence-corrected chi connectivity index (χ3v) is 8.10. The lowest BCUT2D eigenvalue weighted by Crippen LogP contribution is -2.11. The van der Waals surface area contributed by atoms with Gasteiger partial charge in [-0.05, 0) is 91.3 Å². The summed E-state index contributed by atoms with van der Waals surface area (Å²) >= 11 is 0. The minimum atomic E-state index is 0.494. The van der Waals surface area contributed by atoms with E-state index in [4.69, 9.17) is 4.42 Å². The molecule has 6 aromatic carbocycles. The lowest BCUT2D eigenvalue weighted by Gasteiger charge is -2.27. The molecule has 2 heterocycles. The molecule has 0 aliphatic carbocycles. The number of aryl methyl sites for hydroxylation is 1. The smallest absolute Gasteiger partial charge is 0.248 e. The molecular weight excluding hydrogens is 540 g/mol. The molecule has 0 radical (unpaired) electrons. The standard InChI is InChI=1S/C39H28N4O/c1-27-12-8-10-18-35(27)42(31-22-20-29(21-23-31)39-41-40-38(44-39)28-13-4-2-5-14-28)32-24-25-37-34(26-32)33-17-9-11-19-36(33)43(37)30-15-6-3-7-16-30/h2-26H,1H3. The van der Waals surface area contributed by atoms with E-state index >= 15 is 0 Å². The molecular formula is C39H28N4O. The van der Waals surface area contributed by atoms with Gasteiger partial charge in [0, 0.05) is 44.6 Å².